The summed E-state index contributed by atoms with van der Waals surface area (Å²) in [6.07, 6.45) is 2.54. The summed E-state index contributed by atoms with van der Waals surface area (Å²) in [5.74, 6) is -0.874. The van der Waals surface area contributed by atoms with Crippen molar-refractivity contribution >= 4 is 28.8 Å². The van der Waals surface area contributed by atoms with Crippen LogP contribution in [0.5, 0.6) is 0 Å². The van der Waals surface area contributed by atoms with Crippen LogP contribution in [-0.2, 0) is 27.1 Å². The van der Waals surface area contributed by atoms with Crippen LogP contribution in [0.4, 0.5) is 4.79 Å². The van der Waals surface area contributed by atoms with E-state index in [1.54, 1.807) is 0 Å². The van der Waals surface area contributed by atoms with Crippen molar-refractivity contribution in [3.63, 3.8) is 0 Å². The summed E-state index contributed by atoms with van der Waals surface area (Å²) in [5.41, 5.74) is 3.11. The standard InChI is InChI=1S/C24H31N3O5/c1-24(2,3)15-9-10-19-17(13-15)21(16-7-5-6-8-18(16)26-19)22(29)32-14-20(28)27-23(30)25-11-12-31-4/h5-8,15H,9-14H2,1-4H3,(H2,25,27,28,30)/t15-/m0/s1. The highest BCUT2D eigenvalue weighted by Crippen LogP contribution is 2.39. The molecule has 0 fully saturated rings. The first-order chi connectivity index (χ1) is 15.2. The summed E-state index contributed by atoms with van der Waals surface area (Å²) in [4.78, 5) is 41.7. The lowest BCUT2D eigenvalue weighted by atomic mass is 9.70. The summed E-state index contributed by atoms with van der Waals surface area (Å²) < 4.78 is 10.2. The molecule has 3 amide bonds. The number of nitrogens with zero attached hydrogens (tertiary/aromatic N) is 1. The highest BCUT2D eigenvalue weighted by molar-refractivity contribution is 6.06. The molecule has 1 aromatic heterocycles. The van der Waals surface area contributed by atoms with Crippen LogP contribution in [0.25, 0.3) is 10.9 Å². The molecule has 1 atom stereocenters. The van der Waals surface area contributed by atoms with Gasteiger partial charge in [0.25, 0.3) is 5.91 Å². The van der Waals surface area contributed by atoms with Crippen LogP contribution in [-0.4, -0.2) is 49.8 Å². The minimum Gasteiger partial charge on any atom is -0.452 e. The first-order valence-corrected chi connectivity index (χ1v) is 10.8. The van der Waals surface area contributed by atoms with Gasteiger partial charge >= 0.3 is 12.0 Å². The summed E-state index contributed by atoms with van der Waals surface area (Å²) in [6.45, 7) is 6.65. The summed E-state index contributed by atoms with van der Waals surface area (Å²) in [5, 5.41) is 5.32. The third kappa shape index (κ3) is 5.62. The van der Waals surface area contributed by atoms with Gasteiger partial charge in [0.05, 0.1) is 17.7 Å². The number of pyridine rings is 1. The number of ether oxygens (including phenoxy) is 2. The third-order valence-electron chi connectivity index (χ3n) is 5.87. The molecule has 0 bridgehead atoms. The van der Waals surface area contributed by atoms with E-state index in [-0.39, 0.29) is 12.0 Å². The van der Waals surface area contributed by atoms with Crippen LogP contribution in [0.1, 0.15) is 48.8 Å². The summed E-state index contributed by atoms with van der Waals surface area (Å²) in [7, 11) is 1.51. The number of methoxy groups -OCH3 is 1. The Morgan fingerprint density at radius 3 is 2.66 bits per heavy atom. The molecule has 0 spiro atoms. The minimum absolute atomic E-state index is 0.0978. The maximum atomic E-state index is 13.1. The SMILES string of the molecule is COCCNC(=O)NC(=O)COC(=O)c1c2c(nc3ccccc13)CC[C@H](C(C)(C)C)C2. The van der Waals surface area contributed by atoms with E-state index in [9.17, 15) is 14.4 Å². The molecule has 2 N–H and O–H groups in total. The number of rotatable bonds is 6. The van der Waals surface area contributed by atoms with Crippen LogP contribution in [0.3, 0.4) is 0 Å². The molecule has 1 aromatic carbocycles. The number of benzene rings is 1. The number of hydrogen-bond acceptors (Lipinski definition) is 6. The zero-order chi connectivity index (χ0) is 23.3. The Bertz CT molecular complexity index is 1010. The molecular formula is C24H31N3O5. The molecule has 0 radical (unpaired) electrons. The fourth-order valence-electron chi connectivity index (χ4n) is 4.04. The number of hydrogen-bond donors (Lipinski definition) is 2. The molecule has 32 heavy (non-hydrogen) atoms. The molecule has 8 nitrogen and oxygen atoms in total. The van der Waals surface area contributed by atoms with Crippen LogP contribution in [0.2, 0.25) is 0 Å². The minimum atomic E-state index is -0.701. The second kappa shape index (κ2) is 10.1. The van der Waals surface area contributed by atoms with Crippen molar-refractivity contribution in [2.75, 3.05) is 26.9 Å². The number of imide groups is 1. The third-order valence-corrected chi connectivity index (χ3v) is 5.87. The van der Waals surface area contributed by atoms with E-state index >= 15 is 0 Å². The number of fused-ring (bicyclic) bond motifs is 2. The van der Waals surface area contributed by atoms with E-state index in [1.807, 2.05) is 24.3 Å². The largest absolute Gasteiger partial charge is 0.452 e. The molecule has 3 rings (SSSR count). The molecule has 0 aliphatic heterocycles. The number of carbonyl (C=O) groups excluding carboxylic acids is 3. The topological polar surface area (TPSA) is 107 Å². The second-order valence-electron chi connectivity index (χ2n) is 9.11. The second-order valence-corrected chi connectivity index (χ2v) is 9.11. The maximum absolute atomic E-state index is 13.1. The number of amides is 3. The first-order valence-electron chi connectivity index (χ1n) is 10.8. The van der Waals surface area contributed by atoms with Crippen LogP contribution < -0.4 is 10.6 Å². The number of nitrogens with one attached hydrogen (secondary N) is 2. The smallest absolute Gasteiger partial charge is 0.339 e. The van der Waals surface area contributed by atoms with Gasteiger partial charge in [-0.2, -0.15) is 0 Å². The van der Waals surface area contributed by atoms with E-state index in [0.29, 0.717) is 23.5 Å². The van der Waals surface area contributed by atoms with Crippen molar-refractivity contribution in [2.24, 2.45) is 11.3 Å². The number of urea groups is 1. The van der Waals surface area contributed by atoms with Gasteiger partial charge in [0.2, 0.25) is 0 Å². The van der Waals surface area contributed by atoms with Crippen molar-refractivity contribution in [2.45, 2.75) is 40.0 Å². The van der Waals surface area contributed by atoms with Gasteiger partial charge < -0.3 is 14.8 Å². The van der Waals surface area contributed by atoms with Gasteiger partial charge in [-0.3, -0.25) is 15.1 Å². The molecule has 1 heterocycles. The summed E-state index contributed by atoms with van der Waals surface area (Å²) in [6, 6.07) is 6.80. The molecule has 172 valence electrons. The molecule has 0 unspecified atom stereocenters. The Morgan fingerprint density at radius 1 is 1.19 bits per heavy atom. The van der Waals surface area contributed by atoms with Gasteiger partial charge in [0, 0.05) is 24.7 Å². The van der Waals surface area contributed by atoms with E-state index in [0.717, 1.165) is 36.0 Å². The van der Waals surface area contributed by atoms with Gasteiger partial charge in [0.15, 0.2) is 6.61 Å². The van der Waals surface area contributed by atoms with Crippen LogP contribution >= 0.6 is 0 Å². The Kier molecular flexibility index (Phi) is 7.45. The normalized spacial score (nSPS) is 15.7. The molecular weight excluding hydrogens is 410 g/mol. The van der Waals surface area contributed by atoms with Gasteiger partial charge in [-0.25, -0.2) is 9.59 Å². The number of esters is 1. The average Bonchev–Trinajstić information content (AvgIpc) is 2.75. The Labute approximate surface area is 188 Å². The lowest BCUT2D eigenvalue weighted by Crippen LogP contribution is -2.42. The highest BCUT2D eigenvalue weighted by atomic mass is 16.5. The van der Waals surface area contributed by atoms with Gasteiger partial charge in [-0.1, -0.05) is 39.0 Å². The number of aromatic nitrogens is 1. The van der Waals surface area contributed by atoms with E-state index < -0.39 is 24.5 Å². The van der Waals surface area contributed by atoms with Crippen molar-refractivity contribution in [3.8, 4) is 0 Å². The zero-order valence-corrected chi connectivity index (χ0v) is 19.1. The monoisotopic (exact) mass is 441 g/mol. The van der Waals surface area contributed by atoms with Crippen molar-refractivity contribution in [1.82, 2.24) is 15.6 Å². The predicted molar refractivity (Wildman–Crippen MR) is 120 cm³/mol. The zero-order valence-electron chi connectivity index (χ0n) is 19.1. The highest BCUT2D eigenvalue weighted by Gasteiger charge is 2.33. The van der Waals surface area contributed by atoms with Gasteiger partial charge in [-0.15, -0.1) is 0 Å². The lowest BCUT2D eigenvalue weighted by molar-refractivity contribution is -0.123. The van der Waals surface area contributed by atoms with Crippen LogP contribution in [0.15, 0.2) is 24.3 Å². The first kappa shape index (κ1) is 23.7. The number of para-hydroxylation sites is 1. The average molecular weight is 442 g/mol. The molecule has 0 saturated carbocycles. The van der Waals surface area contributed by atoms with Crippen LogP contribution in [0, 0.1) is 11.3 Å². The Balaban J connectivity index is 1.79. The molecule has 2 aromatic rings. The van der Waals surface area contributed by atoms with Crippen molar-refractivity contribution < 1.29 is 23.9 Å². The van der Waals surface area contributed by atoms with Crippen molar-refractivity contribution in [3.05, 3.63) is 41.1 Å². The fourth-order valence-corrected chi connectivity index (χ4v) is 4.04. The lowest BCUT2D eigenvalue weighted by Gasteiger charge is -2.35. The van der Waals surface area contributed by atoms with Gasteiger partial charge in [0.1, 0.15) is 0 Å². The Hall–Kier alpha value is -3.00. The fraction of sp³-hybridized carbons (Fsp3) is 0.500. The number of aryl methyl sites for hydroxylation is 1. The summed E-state index contributed by atoms with van der Waals surface area (Å²) >= 11 is 0. The predicted octanol–water partition coefficient (Wildman–Crippen LogP) is 3.01. The van der Waals surface area contributed by atoms with Crippen molar-refractivity contribution in [1.29, 1.82) is 0 Å². The molecule has 0 saturated heterocycles. The Morgan fingerprint density at radius 2 is 1.94 bits per heavy atom. The maximum Gasteiger partial charge on any atom is 0.339 e. The molecule has 1 aliphatic rings. The number of carbonyl (C=O) groups is 3. The molecule has 8 heteroatoms. The quantitative estimate of drug-likeness (QED) is 0.527. The van der Waals surface area contributed by atoms with E-state index in [4.69, 9.17) is 14.5 Å². The van der Waals surface area contributed by atoms with Gasteiger partial charge in [-0.05, 0) is 42.2 Å². The van der Waals surface area contributed by atoms with E-state index in [1.165, 1.54) is 7.11 Å². The van der Waals surface area contributed by atoms with E-state index in [2.05, 4.69) is 31.4 Å². The molecule has 1 aliphatic carbocycles.